The van der Waals surface area contributed by atoms with E-state index in [-0.39, 0.29) is 23.3 Å². The number of anilines is 1. The molecule has 0 spiro atoms. The number of ether oxygens (including phenoxy) is 2. The van der Waals surface area contributed by atoms with Crippen molar-refractivity contribution in [1.29, 1.82) is 0 Å². The van der Waals surface area contributed by atoms with Crippen LogP contribution >= 0.6 is 0 Å². The first-order chi connectivity index (χ1) is 17.0. The molecule has 35 heavy (non-hydrogen) atoms. The SMILES string of the molecule is C=CC(=O)NCC1CCCN(c2ccc(C(N)=O)c(Oc3ccc(Oc4ccccc4)cc3)n2)C1. The molecule has 0 saturated carbocycles. The Bertz CT molecular complexity index is 1180. The van der Waals surface area contributed by atoms with Crippen molar-refractivity contribution in [3.63, 3.8) is 0 Å². The van der Waals surface area contributed by atoms with Gasteiger partial charge in [0.05, 0.1) is 0 Å². The van der Waals surface area contributed by atoms with Crippen LogP contribution in [0.5, 0.6) is 23.1 Å². The second-order valence-corrected chi connectivity index (χ2v) is 8.28. The van der Waals surface area contributed by atoms with E-state index < -0.39 is 5.91 Å². The summed E-state index contributed by atoms with van der Waals surface area (Å²) in [4.78, 5) is 30.3. The van der Waals surface area contributed by atoms with Gasteiger partial charge in [-0.05, 0) is 73.4 Å². The number of piperidine rings is 1. The lowest BCUT2D eigenvalue weighted by Crippen LogP contribution is -2.41. The summed E-state index contributed by atoms with van der Waals surface area (Å²) in [7, 11) is 0. The Kier molecular flexibility index (Phi) is 7.62. The number of nitrogens with one attached hydrogen (secondary N) is 1. The fourth-order valence-electron chi connectivity index (χ4n) is 3.94. The standard InChI is InChI=1S/C27H28N4O4/c1-2-25(32)29-17-19-7-6-16-31(18-19)24-15-14-23(26(28)33)27(30-24)35-22-12-10-21(11-13-22)34-20-8-4-3-5-9-20/h2-5,8-15,19H,1,6-7,16-18H2,(H2,28,33)(H,29,32). The first-order valence-corrected chi connectivity index (χ1v) is 11.5. The van der Waals surface area contributed by atoms with Crippen LogP contribution in [0.1, 0.15) is 23.2 Å². The minimum absolute atomic E-state index is 0.147. The number of hydrogen-bond donors (Lipinski definition) is 2. The average molecular weight is 473 g/mol. The topological polar surface area (TPSA) is 107 Å². The molecular weight excluding hydrogens is 444 g/mol. The van der Waals surface area contributed by atoms with E-state index in [1.165, 1.54) is 6.08 Å². The zero-order chi connectivity index (χ0) is 24.6. The number of nitrogens with two attached hydrogens (primary N) is 1. The van der Waals surface area contributed by atoms with E-state index in [1.54, 1.807) is 36.4 Å². The highest BCUT2D eigenvalue weighted by Gasteiger charge is 2.23. The number of amides is 2. The van der Waals surface area contributed by atoms with Gasteiger partial charge in [0, 0.05) is 19.6 Å². The third kappa shape index (κ3) is 6.38. The van der Waals surface area contributed by atoms with Gasteiger partial charge >= 0.3 is 0 Å². The van der Waals surface area contributed by atoms with Crippen LogP contribution in [0.3, 0.4) is 0 Å². The highest BCUT2D eigenvalue weighted by Crippen LogP contribution is 2.30. The smallest absolute Gasteiger partial charge is 0.254 e. The number of benzene rings is 2. The fraction of sp³-hybridized carbons (Fsp3) is 0.222. The van der Waals surface area contributed by atoms with Crippen molar-refractivity contribution in [3.8, 4) is 23.1 Å². The number of rotatable bonds is 9. The molecule has 4 rings (SSSR count). The molecule has 3 aromatic rings. The van der Waals surface area contributed by atoms with Crippen LogP contribution in [0.2, 0.25) is 0 Å². The van der Waals surface area contributed by atoms with Crippen LogP contribution < -0.4 is 25.4 Å². The number of para-hydroxylation sites is 1. The van der Waals surface area contributed by atoms with E-state index in [4.69, 9.17) is 15.2 Å². The Morgan fingerprint density at radius 2 is 1.71 bits per heavy atom. The first-order valence-electron chi connectivity index (χ1n) is 11.5. The minimum Gasteiger partial charge on any atom is -0.457 e. The molecular formula is C27H28N4O4. The molecule has 1 saturated heterocycles. The van der Waals surface area contributed by atoms with Crippen LogP contribution in [-0.2, 0) is 4.79 Å². The molecule has 1 aliphatic rings. The van der Waals surface area contributed by atoms with E-state index in [9.17, 15) is 9.59 Å². The average Bonchev–Trinajstić information content (AvgIpc) is 2.89. The van der Waals surface area contributed by atoms with Gasteiger partial charge in [0.25, 0.3) is 5.91 Å². The van der Waals surface area contributed by atoms with Crippen molar-refractivity contribution in [2.75, 3.05) is 24.5 Å². The normalized spacial score (nSPS) is 15.2. The van der Waals surface area contributed by atoms with Gasteiger partial charge in [0.15, 0.2) is 0 Å². The molecule has 2 heterocycles. The van der Waals surface area contributed by atoms with E-state index >= 15 is 0 Å². The number of carbonyl (C=O) groups excluding carboxylic acids is 2. The van der Waals surface area contributed by atoms with Crippen molar-refractivity contribution < 1.29 is 19.1 Å². The van der Waals surface area contributed by atoms with E-state index in [2.05, 4.69) is 21.8 Å². The number of aromatic nitrogens is 1. The van der Waals surface area contributed by atoms with Crippen molar-refractivity contribution in [2.45, 2.75) is 12.8 Å². The second kappa shape index (κ2) is 11.2. The van der Waals surface area contributed by atoms with Crippen molar-refractivity contribution in [3.05, 3.63) is 84.9 Å². The highest BCUT2D eigenvalue weighted by atomic mass is 16.5. The summed E-state index contributed by atoms with van der Waals surface area (Å²) < 4.78 is 11.8. The molecule has 0 radical (unpaired) electrons. The van der Waals surface area contributed by atoms with Crippen LogP contribution in [-0.4, -0.2) is 36.4 Å². The predicted octanol–water partition coefficient (Wildman–Crippen LogP) is 4.28. The number of hydrogen-bond acceptors (Lipinski definition) is 6. The van der Waals surface area contributed by atoms with Gasteiger partial charge < -0.3 is 25.4 Å². The minimum atomic E-state index is -0.619. The summed E-state index contributed by atoms with van der Waals surface area (Å²) >= 11 is 0. The molecule has 3 N–H and O–H groups in total. The van der Waals surface area contributed by atoms with Crippen LogP contribution in [0.25, 0.3) is 0 Å². The lowest BCUT2D eigenvalue weighted by molar-refractivity contribution is -0.116. The fourth-order valence-corrected chi connectivity index (χ4v) is 3.94. The third-order valence-corrected chi connectivity index (χ3v) is 5.72. The molecule has 1 atom stereocenters. The van der Waals surface area contributed by atoms with Gasteiger partial charge in [0.1, 0.15) is 28.6 Å². The monoisotopic (exact) mass is 472 g/mol. The Morgan fingerprint density at radius 3 is 2.40 bits per heavy atom. The summed E-state index contributed by atoms with van der Waals surface area (Å²) in [5, 5.41) is 2.86. The maximum atomic E-state index is 12.0. The van der Waals surface area contributed by atoms with Gasteiger partial charge in [-0.25, -0.2) is 0 Å². The number of carbonyl (C=O) groups is 2. The molecule has 0 aliphatic carbocycles. The summed E-state index contributed by atoms with van der Waals surface area (Å²) in [5.41, 5.74) is 5.77. The molecule has 180 valence electrons. The molecule has 1 aromatic heterocycles. The summed E-state index contributed by atoms with van der Waals surface area (Å²) in [5.74, 6) is 2.21. The summed E-state index contributed by atoms with van der Waals surface area (Å²) in [6.45, 7) is 5.60. The number of pyridine rings is 1. The molecule has 1 aliphatic heterocycles. The van der Waals surface area contributed by atoms with E-state index in [0.29, 0.717) is 23.9 Å². The largest absolute Gasteiger partial charge is 0.457 e. The zero-order valence-electron chi connectivity index (χ0n) is 19.4. The molecule has 1 unspecified atom stereocenters. The van der Waals surface area contributed by atoms with Crippen molar-refractivity contribution >= 4 is 17.6 Å². The molecule has 2 aromatic carbocycles. The van der Waals surface area contributed by atoms with Gasteiger partial charge in [-0.3, -0.25) is 9.59 Å². The highest BCUT2D eigenvalue weighted by molar-refractivity contribution is 5.95. The van der Waals surface area contributed by atoms with Crippen molar-refractivity contribution in [2.24, 2.45) is 11.7 Å². The Hall–Kier alpha value is -4.33. The second-order valence-electron chi connectivity index (χ2n) is 8.28. The molecule has 8 nitrogen and oxygen atoms in total. The zero-order valence-corrected chi connectivity index (χ0v) is 19.4. The molecule has 2 amide bonds. The number of nitrogens with zero attached hydrogens (tertiary/aromatic N) is 2. The predicted molar refractivity (Wildman–Crippen MR) is 134 cm³/mol. The Balaban J connectivity index is 1.48. The Labute approximate surface area is 204 Å². The number of primary amides is 1. The Morgan fingerprint density at radius 1 is 1.03 bits per heavy atom. The van der Waals surface area contributed by atoms with Crippen LogP contribution in [0.15, 0.2) is 79.4 Å². The molecule has 1 fully saturated rings. The van der Waals surface area contributed by atoms with Gasteiger partial charge in [-0.2, -0.15) is 4.98 Å². The maximum absolute atomic E-state index is 12.0. The van der Waals surface area contributed by atoms with Gasteiger partial charge in [-0.1, -0.05) is 24.8 Å². The first kappa shape index (κ1) is 23.8. The van der Waals surface area contributed by atoms with Crippen LogP contribution in [0.4, 0.5) is 5.82 Å². The molecule has 0 bridgehead atoms. The summed E-state index contributed by atoms with van der Waals surface area (Å²) in [6.07, 6.45) is 3.25. The van der Waals surface area contributed by atoms with Gasteiger partial charge in [0.2, 0.25) is 11.8 Å². The van der Waals surface area contributed by atoms with E-state index in [0.717, 1.165) is 31.7 Å². The lowest BCUT2D eigenvalue weighted by Gasteiger charge is -2.33. The van der Waals surface area contributed by atoms with E-state index in [1.807, 2.05) is 30.3 Å². The third-order valence-electron chi connectivity index (χ3n) is 5.72. The van der Waals surface area contributed by atoms with Gasteiger partial charge in [-0.15, -0.1) is 0 Å². The quantitative estimate of drug-likeness (QED) is 0.450. The van der Waals surface area contributed by atoms with Crippen LogP contribution in [0, 0.1) is 5.92 Å². The lowest BCUT2D eigenvalue weighted by atomic mass is 9.98. The van der Waals surface area contributed by atoms with Crippen molar-refractivity contribution in [1.82, 2.24) is 10.3 Å². The summed E-state index contributed by atoms with van der Waals surface area (Å²) in [6, 6.07) is 19.9. The molecule has 8 heteroatoms. The maximum Gasteiger partial charge on any atom is 0.254 e.